The lowest BCUT2D eigenvalue weighted by Gasteiger charge is -2.34. The molecule has 0 aliphatic heterocycles. The fourth-order valence-corrected chi connectivity index (χ4v) is 1.94. The van der Waals surface area contributed by atoms with Gasteiger partial charge in [-0.15, -0.1) is 0 Å². The molecule has 0 aliphatic carbocycles. The lowest BCUT2D eigenvalue weighted by atomic mass is 9.71. The van der Waals surface area contributed by atoms with Gasteiger partial charge in [0.05, 0.1) is 6.61 Å². The van der Waals surface area contributed by atoms with Crippen molar-refractivity contribution in [3.8, 4) is 0 Å². The number of hydrogen-bond acceptors (Lipinski definition) is 3. The van der Waals surface area contributed by atoms with E-state index in [9.17, 15) is 9.90 Å². The summed E-state index contributed by atoms with van der Waals surface area (Å²) in [6.07, 6.45) is 0. The molecule has 1 atom stereocenters. The molecule has 16 heavy (non-hydrogen) atoms. The van der Waals surface area contributed by atoms with Gasteiger partial charge in [-0.2, -0.15) is 0 Å². The molecule has 0 radical (unpaired) electrons. The normalized spacial score (nSPS) is 14.6. The van der Waals surface area contributed by atoms with Gasteiger partial charge in [-0.25, -0.2) is 5.84 Å². The first kappa shape index (κ1) is 12.7. The fourth-order valence-electron chi connectivity index (χ4n) is 1.94. The van der Waals surface area contributed by atoms with Crippen molar-refractivity contribution in [2.24, 2.45) is 11.8 Å². The Labute approximate surface area is 95.4 Å². The lowest BCUT2D eigenvalue weighted by molar-refractivity contribution is -0.130. The molecule has 4 heteroatoms. The van der Waals surface area contributed by atoms with Crippen molar-refractivity contribution in [3.63, 3.8) is 0 Å². The van der Waals surface area contributed by atoms with Gasteiger partial charge in [-0.1, -0.05) is 44.2 Å². The van der Waals surface area contributed by atoms with Crippen molar-refractivity contribution in [1.29, 1.82) is 0 Å². The molecule has 1 amide bonds. The average Bonchev–Trinajstić information content (AvgIpc) is 2.31. The van der Waals surface area contributed by atoms with Crippen LogP contribution in [-0.2, 0) is 10.2 Å². The van der Waals surface area contributed by atoms with Crippen molar-refractivity contribution >= 4 is 5.91 Å². The van der Waals surface area contributed by atoms with Crippen molar-refractivity contribution in [3.05, 3.63) is 35.9 Å². The van der Waals surface area contributed by atoms with Gasteiger partial charge in [0.25, 0.3) is 0 Å². The Bertz CT molecular complexity index is 351. The van der Waals surface area contributed by atoms with Crippen molar-refractivity contribution in [2.75, 3.05) is 6.61 Å². The quantitative estimate of drug-likeness (QED) is 0.396. The standard InChI is InChI=1S/C12H18N2O2/c1-9(2)12(8-15,11(16)14-13)10-6-4-3-5-7-10/h3-7,9,15H,8,13H2,1-2H3,(H,14,16). The van der Waals surface area contributed by atoms with E-state index in [0.29, 0.717) is 0 Å². The summed E-state index contributed by atoms with van der Waals surface area (Å²) in [6, 6.07) is 9.20. The second-order valence-electron chi connectivity index (χ2n) is 4.12. The molecular weight excluding hydrogens is 204 g/mol. The molecule has 0 heterocycles. The minimum absolute atomic E-state index is 0.0524. The third-order valence-corrected chi connectivity index (χ3v) is 3.06. The van der Waals surface area contributed by atoms with Gasteiger partial charge in [0.1, 0.15) is 5.41 Å². The number of carbonyl (C=O) groups is 1. The van der Waals surface area contributed by atoms with Crippen LogP contribution in [0.5, 0.6) is 0 Å². The Balaban J connectivity index is 3.29. The van der Waals surface area contributed by atoms with Gasteiger partial charge in [0.15, 0.2) is 0 Å². The molecule has 1 aromatic rings. The molecule has 0 aliphatic rings. The van der Waals surface area contributed by atoms with Gasteiger partial charge < -0.3 is 5.11 Å². The van der Waals surface area contributed by atoms with Crippen molar-refractivity contribution in [2.45, 2.75) is 19.3 Å². The topological polar surface area (TPSA) is 75.3 Å². The predicted octanol–water partition coefficient (Wildman–Crippen LogP) is 0.563. The van der Waals surface area contributed by atoms with Crippen LogP contribution in [0.2, 0.25) is 0 Å². The van der Waals surface area contributed by atoms with E-state index in [2.05, 4.69) is 5.43 Å². The number of hydrogen-bond donors (Lipinski definition) is 3. The number of benzene rings is 1. The largest absolute Gasteiger partial charge is 0.395 e. The molecule has 1 aromatic carbocycles. The van der Waals surface area contributed by atoms with Gasteiger partial charge in [0.2, 0.25) is 5.91 Å². The molecule has 4 N–H and O–H groups in total. The number of nitrogens with one attached hydrogen (secondary N) is 1. The maximum Gasteiger partial charge on any atom is 0.247 e. The van der Waals surface area contributed by atoms with Crippen LogP contribution in [0.15, 0.2) is 30.3 Å². The summed E-state index contributed by atoms with van der Waals surface area (Å²) in [5.41, 5.74) is 1.94. The molecule has 0 spiro atoms. The van der Waals surface area contributed by atoms with Crippen LogP contribution in [0, 0.1) is 5.92 Å². The first-order chi connectivity index (χ1) is 7.59. The molecule has 0 bridgehead atoms. The lowest BCUT2D eigenvalue weighted by Crippen LogP contribution is -2.52. The summed E-state index contributed by atoms with van der Waals surface area (Å²) in [4.78, 5) is 11.9. The maximum absolute atomic E-state index is 11.9. The van der Waals surface area contributed by atoms with Crippen LogP contribution in [-0.4, -0.2) is 17.6 Å². The van der Waals surface area contributed by atoms with Gasteiger partial charge >= 0.3 is 0 Å². The zero-order valence-electron chi connectivity index (χ0n) is 9.60. The molecule has 0 fully saturated rings. The second-order valence-corrected chi connectivity index (χ2v) is 4.12. The molecule has 0 saturated heterocycles. The van der Waals surface area contributed by atoms with Crippen LogP contribution in [0.1, 0.15) is 19.4 Å². The minimum atomic E-state index is -0.976. The van der Waals surface area contributed by atoms with E-state index in [1.165, 1.54) is 0 Å². The maximum atomic E-state index is 11.9. The van der Waals surface area contributed by atoms with Crippen LogP contribution in [0.3, 0.4) is 0 Å². The minimum Gasteiger partial charge on any atom is -0.395 e. The number of nitrogens with two attached hydrogens (primary N) is 1. The SMILES string of the molecule is CC(C)C(CO)(C(=O)NN)c1ccccc1. The average molecular weight is 222 g/mol. The Kier molecular flexibility index (Phi) is 4.04. The monoisotopic (exact) mass is 222 g/mol. The Morgan fingerprint density at radius 1 is 1.44 bits per heavy atom. The predicted molar refractivity (Wildman–Crippen MR) is 62.4 cm³/mol. The van der Waals surface area contributed by atoms with Crippen LogP contribution in [0.4, 0.5) is 0 Å². The third kappa shape index (κ3) is 1.94. The number of aliphatic hydroxyl groups excluding tert-OH is 1. The van der Waals surface area contributed by atoms with Gasteiger partial charge in [-0.3, -0.25) is 10.2 Å². The highest BCUT2D eigenvalue weighted by molar-refractivity contribution is 5.88. The van der Waals surface area contributed by atoms with Crippen LogP contribution >= 0.6 is 0 Å². The zero-order valence-corrected chi connectivity index (χ0v) is 9.60. The van der Waals surface area contributed by atoms with Gasteiger partial charge in [0, 0.05) is 0 Å². The first-order valence-corrected chi connectivity index (χ1v) is 5.27. The molecule has 4 nitrogen and oxygen atoms in total. The van der Waals surface area contributed by atoms with E-state index in [0.717, 1.165) is 5.56 Å². The number of hydrazine groups is 1. The van der Waals surface area contributed by atoms with E-state index in [1.54, 1.807) is 0 Å². The van der Waals surface area contributed by atoms with E-state index >= 15 is 0 Å². The Morgan fingerprint density at radius 3 is 2.38 bits per heavy atom. The van der Waals surface area contributed by atoms with E-state index in [4.69, 9.17) is 5.84 Å². The molecule has 1 unspecified atom stereocenters. The Morgan fingerprint density at radius 2 is 2.00 bits per heavy atom. The third-order valence-electron chi connectivity index (χ3n) is 3.06. The Hall–Kier alpha value is -1.39. The molecule has 0 saturated carbocycles. The number of rotatable bonds is 4. The second kappa shape index (κ2) is 5.09. The highest BCUT2D eigenvalue weighted by atomic mass is 16.3. The highest BCUT2D eigenvalue weighted by Gasteiger charge is 2.42. The summed E-state index contributed by atoms with van der Waals surface area (Å²) in [6.45, 7) is 3.51. The number of carbonyl (C=O) groups excluding carboxylic acids is 1. The number of aliphatic hydroxyl groups is 1. The summed E-state index contributed by atoms with van der Waals surface area (Å²) in [5.74, 6) is 4.78. The highest BCUT2D eigenvalue weighted by Crippen LogP contribution is 2.32. The summed E-state index contributed by atoms with van der Waals surface area (Å²) >= 11 is 0. The molecule has 88 valence electrons. The van der Waals surface area contributed by atoms with E-state index in [-0.39, 0.29) is 18.4 Å². The number of amides is 1. The molecule has 1 rings (SSSR count). The summed E-state index contributed by atoms with van der Waals surface area (Å²) in [7, 11) is 0. The van der Waals surface area contributed by atoms with E-state index < -0.39 is 5.41 Å². The van der Waals surface area contributed by atoms with Crippen LogP contribution < -0.4 is 11.3 Å². The van der Waals surface area contributed by atoms with Crippen LogP contribution in [0.25, 0.3) is 0 Å². The smallest absolute Gasteiger partial charge is 0.247 e. The summed E-state index contributed by atoms with van der Waals surface area (Å²) < 4.78 is 0. The molecule has 0 aromatic heterocycles. The summed E-state index contributed by atoms with van der Waals surface area (Å²) in [5, 5.41) is 9.59. The van der Waals surface area contributed by atoms with Gasteiger partial charge in [-0.05, 0) is 11.5 Å². The zero-order chi connectivity index (χ0) is 12.2. The molecular formula is C12H18N2O2. The van der Waals surface area contributed by atoms with Crippen molar-refractivity contribution < 1.29 is 9.90 Å². The van der Waals surface area contributed by atoms with E-state index in [1.807, 2.05) is 44.2 Å². The van der Waals surface area contributed by atoms with Crippen molar-refractivity contribution in [1.82, 2.24) is 5.43 Å². The first-order valence-electron chi connectivity index (χ1n) is 5.27. The fraction of sp³-hybridized carbons (Fsp3) is 0.417.